The molecule has 1 aromatic heterocycles. The number of carbonyl (C=O) groups is 1. The zero-order chi connectivity index (χ0) is 13.0. The summed E-state index contributed by atoms with van der Waals surface area (Å²) in [6, 6.07) is 7.41. The number of aromatic amines is 1. The van der Waals surface area contributed by atoms with Crippen LogP contribution in [0.2, 0.25) is 0 Å². The molecule has 0 aliphatic carbocycles. The lowest BCUT2D eigenvalue weighted by Gasteiger charge is -2.11. The molecular formula is C13H16N4O. The molecule has 0 spiro atoms. The molecule has 1 atom stereocenters. The molecule has 0 fully saturated rings. The van der Waals surface area contributed by atoms with Gasteiger partial charge in [-0.3, -0.25) is 4.79 Å². The molecule has 1 amide bonds. The average Bonchev–Trinajstić information content (AvgIpc) is 2.92. The summed E-state index contributed by atoms with van der Waals surface area (Å²) in [6.07, 6.45) is 3.40. The molecule has 0 aliphatic rings. The van der Waals surface area contributed by atoms with Gasteiger partial charge < -0.3 is 15.6 Å². The minimum absolute atomic E-state index is 0.0493. The van der Waals surface area contributed by atoms with Gasteiger partial charge >= 0.3 is 0 Å². The summed E-state index contributed by atoms with van der Waals surface area (Å²) in [4.78, 5) is 18.7. The van der Waals surface area contributed by atoms with Gasteiger partial charge in [0.15, 0.2) is 0 Å². The minimum atomic E-state index is -0.211. The fourth-order valence-electron chi connectivity index (χ4n) is 1.53. The maximum Gasteiger partial charge on any atom is 0.241 e. The Kier molecular flexibility index (Phi) is 3.74. The Morgan fingerprint density at radius 1 is 1.33 bits per heavy atom. The van der Waals surface area contributed by atoms with Gasteiger partial charge in [-0.05, 0) is 31.7 Å². The Bertz CT molecular complexity index is 504. The van der Waals surface area contributed by atoms with Crippen molar-refractivity contribution in [1.29, 1.82) is 0 Å². The van der Waals surface area contributed by atoms with Crippen LogP contribution < -0.4 is 10.6 Å². The van der Waals surface area contributed by atoms with E-state index in [1.165, 1.54) is 0 Å². The van der Waals surface area contributed by atoms with Gasteiger partial charge in [0.05, 0.1) is 24.3 Å². The van der Waals surface area contributed by atoms with Crippen molar-refractivity contribution in [2.24, 2.45) is 0 Å². The summed E-state index contributed by atoms with van der Waals surface area (Å²) in [5.74, 6) is -0.0493. The SMILES string of the molecule is CNC(C)C(=O)Nc1ccc(-c2cnc[nH]2)cc1. The molecule has 1 heterocycles. The van der Waals surface area contributed by atoms with Gasteiger partial charge in [-0.1, -0.05) is 12.1 Å². The lowest BCUT2D eigenvalue weighted by atomic mass is 10.1. The number of H-pyrrole nitrogens is 1. The lowest BCUT2D eigenvalue weighted by Crippen LogP contribution is -2.35. The minimum Gasteiger partial charge on any atom is -0.345 e. The van der Waals surface area contributed by atoms with Gasteiger partial charge in [-0.25, -0.2) is 4.98 Å². The van der Waals surface area contributed by atoms with Crippen LogP contribution >= 0.6 is 0 Å². The van der Waals surface area contributed by atoms with E-state index in [1.54, 1.807) is 19.6 Å². The van der Waals surface area contributed by atoms with E-state index in [-0.39, 0.29) is 11.9 Å². The number of nitrogens with one attached hydrogen (secondary N) is 3. The van der Waals surface area contributed by atoms with Crippen LogP contribution in [0, 0.1) is 0 Å². The summed E-state index contributed by atoms with van der Waals surface area (Å²) in [6.45, 7) is 1.81. The van der Waals surface area contributed by atoms with E-state index in [9.17, 15) is 4.79 Å². The van der Waals surface area contributed by atoms with Crippen LogP contribution in [-0.4, -0.2) is 29.0 Å². The predicted molar refractivity (Wildman–Crippen MR) is 71.2 cm³/mol. The molecule has 0 radical (unpaired) electrons. The quantitative estimate of drug-likeness (QED) is 0.765. The fourth-order valence-corrected chi connectivity index (χ4v) is 1.53. The Morgan fingerprint density at radius 2 is 2.06 bits per heavy atom. The number of anilines is 1. The van der Waals surface area contributed by atoms with E-state index >= 15 is 0 Å². The lowest BCUT2D eigenvalue weighted by molar-refractivity contribution is -0.117. The second-order valence-electron chi connectivity index (χ2n) is 4.04. The highest BCUT2D eigenvalue weighted by Gasteiger charge is 2.09. The molecule has 2 aromatic rings. The van der Waals surface area contributed by atoms with Gasteiger partial charge in [0, 0.05) is 5.69 Å². The largest absolute Gasteiger partial charge is 0.345 e. The number of imidazole rings is 1. The second-order valence-corrected chi connectivity index (χ2v) is 4.04. The van der Waals surface area contributed by atoms with Crippen LogP contribution in [0.25, 0.3) is 11.3 Å². The number of likely N-dealkylation sites (N-methyl/N-ethyl adjacent to an activating group) is 1. The van der Waals surface area contributed by atoms with Crippen LogP contribution in [0.3, 0.4) is 0 Å². The molecule has 18 heavy (non-hydrogen) atoms. The van der Waals surface area contributed by atoms with E-state index in [0.29, 0.717) is 0 Å². The van der Waals surface area contributed by atoms with Crippen LogP contribution in [0.15, 0.2) is 36.8 Å². The first-order valence-electron chi connectivity index (χ1n) is 5.77. The first-order valence-corrected chi connectivity index (χ1v) is 5.77. The van der Waals surface area contributed by atoms with Crippen molar-refractivity contribution in [2.45, 2.75) is 13.0 Å². The third-order valence-corrected chi connectivity index (χ3v) is 2.79. The van der Waals surface area contributed by atoms with Crippen molar-refractivity contribution in [3.63, 3.8) is 0 Å². The summed E-state index contributed by atoms with van der Waals surface area (Å²) in [5.41, 5.74) is 2.77. The van der Waals surface area contributed by atoms with Crippen LogP contribution in [0.1, 0.15) is 6.92 Å². The number of rotatable bonds is 4. The number of amides is 1. The highest BCUT2D eigenvalue weighted by molar-refractivity contribution is 5.94. The van der Waals surface area contributed by atoms with E-state index in [1.807, 2.05) is 31.2 Å². The number of aromatic nitrogens is 2. The average molecular weight is 244 g/mol. The Hall–Kier alpha value is -2.14. The molecule has 0 saturated heterocycles. The molecule has 94 valence electrons. The molecule has 5 heteroatoms. The van der Waals surface area contributed by atoms with Crippen molar-refractivity contribution in [2.75, 3.05) is 12.4 Å². The second kappa shape index (κ2) is 5.46. The Morgan fingerprint density at radius 3 is 2.61 bits per heavy atom. The molecule has 1 aromatic carbocycles. The molecule has 0 bridgehead atoms. The van der Waals surface area contributed by atoms with E-state index in [2.05, 4.69) is 20.6 Å². The van der Waals surface area contributed by atoms with Gasteiger partial charge in [0.1, 0.15) is 0 Å². The predicted octanol–water partition coefficient (Wildman–Crippen LogP) is 1.62. The number of hydrogen-bond acceptors (Lipinski definition) is 3. The molecule has 0 aliphatic heterocycles. The van der Waals surface area contributed by atoms with Crippen molar-refractivity contribution < 1.29 is 4.79 Å². The first-order chi connectivity index (χ1) is 8.70. The number of hydrogen-bond donors (Lipinski definition) is 3. The molecule has 0 saturated carbocycles. The third-order valence-electron chi connectivity index (χ3n) is 2.79. The molecule has 1 unspecified atom stereocenters. The Balaban J connectivity index is 2.06. The molecule has 2 rings (SSSR count). The summed E-state index contributed by atoms with van der Waals surface area (Å²) < 4.78 is 0. The summed E-state index contributed by atoms with van der Waals surface area (Å²) >= 11 is 0. The van der Waals surface area contributed by atoms with E-state index in [0.717, 1.165) is 16.9 Å². The van der Waals surface area contributed by atoms with Crippen LogP contribution in [-0.2, 0) is 4.79 Å². The topological polar surface area (TPSA) is 69.8 Å². The van der Waals surface area contributed by atoms with E-state index < -0.39 is 0 Å². The summed E-state index contributed by atoms with van der Waals surface area (Å²) in [7, 11) is 1.76. The maximum absolute atomic E-state index is 11.7. The molecular weight excluding hydrogens is 228 g/mol. The maximum atomic E-state index is 11.7. The number of carbonyl (C=O) groups excluding carboxylic acids is 1. The van der Waals surface area contributed by atoms with Crippen molar-refractivity contribution >= 4 is 11.6 Å². The monoisotopic (exact) mass is 244 g/mol. The highest BCUT2D eigenvalue weighted by atomic mass is 16.2. The van der Waals surface area contributed by atoms with Crippen LogP contribution in [0.5, 0.6) is 0 Å². The number of nitrogens with zero attached hydrogens (tertiary/aromatic N) is 1. The zero-order valence-corrected chi connectivity index (χ0v) is 10.4. The standard InChI is InChI=1S/C13H16N4O/c1-9(14-2)13(18)17-11-5-3-10(4-6-11)12-7-15-8-16-12/h3-9,14H,1-2H3,(H,15,16)(H,17,18). The van der Waals surface area contributed by atoms with E-state index in [4.69, 9.17) is 0 Å². The summed E-state index contributed by atoms with van der Waals surface area (Å²) in [5, 5.41) is 5.73. The smallest absolute Gasteiger partial charge is 0.241 e. The fraction of sp³-hybridized carbons (Fsp3) is 0.231. The first kappa shape index (κ1) is 12.3. The van der Waals surface area contributed by atoms with Gasteiger partial charge in [0.25, 0.3) is 0 Å². The van der Waals surface area contributed by atoms with Crippen molar-refractivity contribution in [3.05, 3.63) is 36.8 Å². The normalized spacial score (nSPS) is 12.1. The third kappa shape index (κ3) is 2.75. The van der Waals surface area contributed by atoms with Crippen LogP contribution in [0.4, 0.5) is 5.69 Å². The zero-order valence-electron chi connectivity index (χ0n) is 10.4. The number of benzene rings is 1. The molecule has 3 N–H and O–H groups in total. The van der Waals surface area contributed by atoms with Crippen molar-refractivity contribution in [3.8, 4) is 11.3 Å². The molecule has 5 nitrogen and oxygen atoms in total. The Labute approximate surface area is 106 Å². The van der Waals surface area contributed by atoms with Gasteiger partial charge in [-0.2, -0.15) is 0 Å². The van der Waals surface area contributed by atoms with Gasteiger partial charge in [-0.15, -0.1) is 0 Å². The van der Waals surface area contributed by atoms with Crippen molar-refractivity contribution in [1.82, 2.24) is 15.3 Å². The highest BCUT2D eigenvalue weighted by Crippen LogP contribution is 2.18. The van der Waals surface area contributed by atoms with Gasteiger partial charge in [0.2, 0.25) is 5.91 Å².